The Labute approximate surface area is 124 Å². The molecule has 0 bridgehead atoms. The molecule has 2 amide bonds. The van der Waals surface area contributed by atoms with Crippen molar-refractivity contribution >= 4 is 39.3 Å². The first-order valence-corrected chi connectivity index (χ1v) is 7.64. The molecular formula is C12H17BrN2O3S. The number of hydrogen-bond donors (Lipinski definition) is 3. The average molecular weight is 349 g/mol. The van der Waals surface area contributed by atoms with E-state index < -0.39 is 5.97 Å². The van der Waals surface area contributed by atoms with E-state index in [0.29, 0.717) is 19.4 Å². The number of rotatable bonds is 7. The SMILES string of the molecule is CC(CCCC(=O)O)NC(=O)NCc1sccc1Br. The number of amides is 2. The average Bonchev–Trinajstić information content (AvgIpc) is 2.71. The second-order valence-electron chi connectivity index (χ2n) is 4.21. The molecule has 0 aliphatic heterocycles. The number of aliphatic carboxylic acids is 1. The van der Waals surface area contributed by atoms with E-state index in [0.717, 1.165) is 9.35 Å². The zero-order valence-corrected chi connectivity index (χ0v) is 13.0. The molecular weight excluding hydrogens is 332 g/mol. The van der Waals surface area contributed by atoms with Crippen LogP contribution in [0.4, 0.5) is 4.79 Å². The summed E-state index contributed by atoms with van der Waals surface area (Å²) in [5, 5.41) is 16.0. The molecule has 1 rings (SSSR count). The molecule has 0 radical (unpaired) electrons. The Hall–Kier alpha value is -1.08. The maximum absolute atomic E-state index is 11.6. The number of halogens is 1. The highest BCUT2D eigenvalue weighted by atomic mass is 79.9. The smallest absolute Gasteiger partial charge is 0.315 e. The Morgan fingerprint density at radius 2 is 2.26 bits per heavy atom. The van der Waals surface area contributed by atoms with E-state index in [9.17, 15) is 9.59 Å². The first kappa shape index (κ1) is 16.0. The summed E-state index contributed by atoms with van der Waals surface area (Å²) < 4.78 is 0.993. The molecule has 1 heterocycles. The van der Waals surface area contributed by atoms with Crippen LogP contribution < -0.4 is 10.6 Å². The van der Waals surface area contributed by atoms with Gasteiger partial charge in [-0.3, -0.25) is 4.79 Å². The van der Waals surface area contributed by atoms with Crippen LogP contribution in [0.3, 0.4) is 0 Å². The van der Waals surface area contributed by atoms with Crippen LogP contribution in [0.1, 0.15) is 31.1 Å². The predicted octanol–water partition coefficient (Wildman–Crippen LogP) is 2.95. The van der Waals surface area contributed by atoms with Crippen LogP contribution >= 0.6 is 27.3 Å². The van der Waals surface area contributed by atoms with E-state index in [2.05, 4.69) is 26.6 Å². The molecule has 7 heteroatoms. The van der Waals surface area contributed by atoms with Gasteiger partial charge in [-0.15, -0.1) is 11.3 Å². The quantitative estimate of drug-likeness (QED) is 0.708. The molecule has 1 aromatic heterocycles. The third-order valence-electron chi connectivity index (χ3n) is 2.51. The summed E-state index contributed by atoms with van der Waals surface area (Å²) in [6.45, 7) is 2.34. The van der Waals surface area contributed by atoms with Gasteiger partial charge in [0.1, 0.15) is 0 Å². The lowest BCUT2D eigenvalue weighted by Crippen LogP contribution is -2.40. The van der Waals surface area contributed by atoms with Crippen LogP contribution in [0.2, 0.25) is 0 Å². The normalized spacial score (nSPS) is 11.9. The van der Waals surface area contributed by atoms with Gasteiger partial charge in [-0.25, -0.2) is 4.79 Å². The Kier molecular flexibility index (Phi) is 6.86. The predicted molar refractivity (Wildman–Crippen MR) is 78.3 cm³/mol. The minimum atomic E-state index is -0.806. The van der Waals surface area contributed by atoms with Crippen LogP contribution in [0.5, 0.6) is 0 Å². The van der Waals surface area contributed by atoms with Crippen molar-refractivity contribution in [2.75, 3.05) is 0 Å². The van der Waals surface area contributed by atoms with Gasteiger partial charge in [-0.05, 0) is 47.1 Å². The third-order valence-corrected chi connectivity index (χ3v) is 4.43. The second-order valence-corrected chi connectivity index (χ2v) is 6.06. The molecule has 1 aromatic rings. The maximum atomic E-state index is 11.6. The highest BCUT2D eigenvalue weighted by Crippen LogP contribution is 2.21. The zero-order valence-electron chi connectivity index (χ0n) is 10.6. The summed E-state index contributed by atoms with van der Waals surface area (Å²) in [5.41, 5.74) is 0. The number of carbonyl (C=O) groups is 2. The lowest BCUT2D eigenvalue weighted by molar-refractivity contribution is -0.137. The van der Waals surface area contributed by atoms with Gasteiger partial charge < -0.3 is 15.7 Å². The molecule has 1 atom stereocenters. The molecule has 106 valence electrons. The molecule has 0 aliphatic rings. The van der Waals surface area contributed by atoms with Gasteiger partial charge in [-0.2, -0.15) is 0 Å². The molecule has 0 saturated heterocycles. The van der Waals surface area contributed by atoms with Crippen LogP contribution in [0, 0.1) is 0 Å². The summed E-state index contributed by atoms with van der Waals surface area (Å²) in [6.07, 6.45) is 1.35. The van der Waals surface area contributed by atoms with Crippen molar-refractivity contribution in [3.63, 3.8) is 0 Å². The maximum Gasteiger partial charge on any atom is 0.315 e. The monoisotopic (exact) mass is 348 g/mol. The van der Waals surface area contributed by atoms with Crippen molar-refractivity contribution in [1.29, 1.82) is 0 Å². The van der Waals surface area contributed by atoms with E-state index in [-0.39, 0.29) is 18.5 Å². The second kappa shape index (κ2) is 8.16. The molecule has 0 fully saturated rings. The van der Waals surface area contributed by atoms with Crippen LogP contribution in [-0.2, 0) is 11.3 Å². The molecule has 0 aromatic carbocycles. The summed E-state index contributed by atoms with van der Waals surface area (Å²) in [4.78, 5) is 23.0. The van der Waals surface area contributed by atoms with Crippen molar-refractivity contribution in [3.8, 4) is 0 Å². The number of carboxylic acid groups (broad SMARTS) is 1. The lowest BCUT2D eigenvalue weighted by Gasteiger charge is -2.13. The van der Waals surface area contributed by atoms with E-state index in [1.807, 2.05) is 18.4 Å². The summed E-state index contributed by atoms with van der Waals surface area (Å²) >= 11 is 4.97. The van der Waals surface area contributed by atoms with Crippen molar-refractivity contribution in [2.24, 2.45) is 0 Å². The molecule has 0 saturated carbocycles. The Balaban J connectivity index is 2.20. The molecule has 5 nitrogen and oxygen atoms in total. The van der Waals surface area contributed by atoms with Crippen LogP contribution in [-0.4, -0.2) is 23.1 Å². The first-order valence-electron chi connectivity index (χ1n) is 5.97. The van der Waals surface area contributed by atoms with Gasteiger partial charge >= 0.3 is 12.0 Å². The molecule has 1 unspecified atom stereocenters. The Bertz CT molecular complexity index is 436. The molecule has 3 N–H and O–H groups in total. The molecule has 0 aliphatic carbocycles. The fraction of sp³-hybridized carbons (Fsp3) is 0.500. The number of carbonyl (C=O) groups excluding carboxylic acids is 1. The van der Waals surface area contributed by atoms with Crippen molar-refractivity contribution in [2.45, 2.75) is 38.8 Å². The van der Waals surface area contributed by atoms with Gasteiger partial charge in [-0.1, -0.05) is 0 Å². The van der Waals surface area contributed by atoms with Gasteiger partial charge in [0.05, 0.1) is 6.54 Å². The highest BCUT2D eigenvalue weighted by molar-refractivity contribution is 9.10. The van der Waals surface area contributed by atoms with Crippen molar-refractivity contribution < 1.29 is 14.7 Å². The number of carboxylic acids is 1. The summed E-state index contributed by atoms with van der Waals surface area (Å²) in [7, 11) is 0. The van der Waals surface area contributed by atoms with Crippen molar-refractivity contribution in [3.05, 3.63) is 20.8 Å². The topological polar surface area (TPSA) is 78.4 Å². The van der Waals surface area contributed by atoms with Gasteiger partial charge in [0.25, 0.3) is 0 Å². The van der Waals surface area contributed by atoms with E-state index in [4.69, 9.17) is 5.11 Å². The third kappa shape index (κ3) is 6.58. The lowest BCUT2D eigenvalue weighted by atomic mass is 10.1. The summed E-state index contributed by atoms with van der Waals surface area (Å²) in [5.74, 6) is -0.806. The summed E-state index contributed by atoms with van der Waals surface area (Å²) in [6, 6.07) is 1.67. The van der Waals surface area contributed by atoms with E-state index in [1.165, 1.54) is 0 Å². The largest absolute Gasteiger partial charge is 0.481 e. The van der Waals surface area contributed by atoms with Crippen LogP contribution in [0.15, 0.2) is 15.9 Å². The molecule has 19 heavy (non-hydrogen) atoms. The first-order chi connectivity index (χ1) is 8.99. The number of nitrogens with one attached hydrogen (secondary N) is 2. The minimum Gasteiger partial charge on any atom is -0.481 e. The van der Waals surface area contributed by atoms with Crippen LogP contribution in [0.25, 0.3) is 0 Å². The van der Waals surface area contributed by atoms with Gasteiger partial charge in [0.2, 0.25) is 0 Å². The fourth-order valence-corrected chi connectivity index (χ4v) is 2.95. The fourth-order valence-electron chi connectivity index (χ4n) is 1.52. The van der Waals surface area contributed by atoms with Gasteiger partial charge in [0, 0.05) is 21.8 Å². The van der Waals surface area contributed by atoms with E-state index >= 15 is 0 Å². The highest BCUT2D eigenvalue weighted by Gasteiger charge is 2.09. The Morgan fingerprint density at radius 3 is 2.84 bits per heavy atom. The number of hydrogen-bond acceptors (Lipinski definition) is 3. The molecule has 0 spiro atoms. The minimum absolute atomic E-state index is 0.0360. The zero-order chi connectivity index (χ0) is 14.3. The number of thiophene rings is 1. The number of urea groups is 1. The van der Waals surface area contributed by atoms with Crippen molar-refractivity contribution in [1.82, 2.24) is 10.6 Å². The standard InChI is InChI=1S/C12H17BrN2O3S/c1-8(3-2-4-11(16)17)15-12(18)14-7-10-9(13)5-6-19-10/h5-6,8H,2-4,7H2,1H3,(H,16,17)(H2,14,15,18). The Morgan fingerprint density at radius 1 is 1.53 bits per heavy atom. The van der Waals surface area contributed by atoms with Gasteiger partial charge in [0.15, 0.2) is 0 Å². The van der Waals surface area contributed by atoms with E-state index in [1.54, 1.807) is 11.3 Å².